The van der Waals surface area contributed by atoms with Crippen LogP contribution < -0.4 is 0 Å². The van der Waals surface area contributed by atoms with Crippen molar-refractivity contribution >= 4 is 16.5 Å². The van der Waals surface area contributed by atoms with Gasteiger partial charge in [-0.2, -0.15) is 0 Å². The van der Waals surface area contributed by atoms with Gasteiger partial charge in [-0.15, -0.1) is 0 Å². The molecule has 1 aliphatic heterocycles. The van der Waals surface area contributed by atoms with Crippen LogP contribution in [0.15, 0.2) is 35.7 Å². The summed E-state index contributed by atoms with van der Waals surface area (Å²) in [6.07, 6.45) is 2.28. The molecule has 2 rings (SSSR count). The Balaban J connectivity index is 2.26. The van der Waals surface area contributed by atoms with Crippen molar-refractivity contribution in [3.05, 3.63) is 41.3 Å². The summed E-state index contributed by atoms with van der Waals surface area (Å²) in [5.74, 6) is 1.28. The molecule has 1 aliphatic rings. The first-order chi connectivity index (χ1) is 5.36. The number of hydrogen-bond acceptors (Lipinski definition) is 0. The second-order valence-electron chi connectivity index (χ2n) is 2.84. The lowest BCUT2D eigenvalue weighted by Crippen LogP contribution is -2.14. The van der Waals surface area contributed by atoms with Gasteiger partial charge in [-0.1, -0.05) is 30.3 Å². The fourth-order valence-corrected chi connectivity index (χ4v) is 2.50. The van der Waals surface area contributed by atoms with E-state index in [2.05, 4.69) is 42.0 Å². The molecule has 56 valence electrons. The molecule has 1 heterocycles. The molecule has 0 amide bonds. The first-order valence-electron chi connectivity index (χ1n) is 3.74. The minimum Gasteiger partial charge on any atom is -0.0622 e. The van der Waals surface area contributed by atoms with Crippen LogP contribution in [0.5, 0.6) is 0 Å². The second-order valence-corrected chi connectivity index (χ2v) is 4.75. The smallest absolute Gasteiger partial charge is 0.0622 e. The molecule has 0 aromatic heterocycles. The van der Waals surface area contributed by atoms with E-state index in [1.54, 1.807) is 0 Å². The Bertz CT molecular complexity index is 274. The molecule has 0 N–H and O–H groups in total. The average molecular weight is 163 g/mol. The van der Waals surface area contributed by atoms with Crippen LogP contribution in [0.4, 0.5) is 0 Å². The zero-order valence-corrected chi connectivity index (χ0v) is 7.40. The van der Waals surface area contributed by atoms with Crippen molar-refractivity contribution in [1.82, 2.24) is 0 Å². The lowest BCUT2D eigenvalue weighted by molar-refractivity contribution is 1.56. The van der Waals surface area contributed by atoms with E-state index in [9.17, 15) is 0 Å². The third-order valence-electron chi connectivity index (χ3n) is 1.87. The Morgan fingerprint density at radius 3 is 2.36 bits per heavy atom. The fraction of sp³-hybridized carbons (Fsp3) is 0.200. The van der Waals surface area contributed by atoms with Crippen LogP contribution >= 0.6 is 0 Å². The quantitative estimate of drug-likeness (QED) is 0.557. The Morgan fingerprint density at radius 1 is 1.18 bits per heavy atom. The first kappa shape index (κ1) is 6.99. The molecule has 0 nitrogen and oxygen atoms in total. The van der Waals surface area contributed by atoms with Gasteiger partial charge in [-0.05, 0) is 5.56 Å². The van der Waals surface area contributed by atoms with Crippen LogP contribution in [-0.2, 0) is 10.9 Å². The minimum absolute atomic E-state index is 0.565. The predicted molar refractivity (Wildman–Crippen MR) is 52.6 cm³/mol. The molecule has 1 aromatic carbocycles. The zero-order chi connectivity index (χ0) is 7.68. The monoisotopic (exact) mass is 163 g/mol. The average Bonchev–Trinajstić information content (AvgIpc) is 2.01. The van der Waals surface area contributed by atoms with Gasteiger partial charge in [0, 0.05) is 10.9 Å². The standard InChI is InChI=1S/C10H11S/c1-11-7-10(8-11)9-5-3-2-4-6-9/h2-7H,8H2,1H3/q+1. The van der Waals surface area contributed by atoms with Gasteiger partial charge in [0.2, 0.25) is 0 Å². The second kappa shape index (κ2) is 2.74. The van der Waals surface area contributed by atoms with Crippen molar-refractivity contribution < 1.29 is 0 Å². The Labute approximate surface area is 70.3 Å². The third kappa shape index (κ3) is 1.33. The molecule has 0 bridgehead atoms. The van der Waals surface area contributed by atoms with Crippen molar-refractivity contribution in [3.63, 3.8) is 0 Å². The van der Waals surface area contributed by atoms with E-state index in [4.69, 9.17) is 0 Å². The minimum atomic E-state index is 0.565. The highest BCUT2D eigenvalue weighted by Gasteiger charge is 2.24. The molecule has 0 fully saturated rings. The van der Waals surface area contributed by atoms with Crippen LogP contribution in [0.1, 0.15) is 5.56 Å². The maximum absolute atomic E-state index is 2.37. The van der Waals surface area contributed by atoms with Gasteiger partial charge in [-0.25, -0.2) is 0 Å². The summed E-state index contributed by atoms with van der Waals surface area (Å²) in [5.41, 5.74) is 2.93. The third-order valence-corrected chi connectivity index (χ3v) is 3.32. The number of hydrogen-bond donors (Lipinski definition) is 0. The molecule has 0 saturated heterocycles. The summed E-state index contributed by atoms with van der Waals surface area (Å²) in [6, 6.07) is 10.6. The maximum atomic E-state index is 2.37. The summed E-state index contributed by atoms with van der Waals surface area (Å²) in [7, 11) is 0.565. The van der Waals surface area contributed by atoms with Gasteiger partial charge in [0.1, 0.15) is 17.4 Å². The van der Waals surface area contributed by atoms with E-state index in [1.165, 1.54) is 16.9 Å². The van der Waals surface area contributed by atoms with E-state index in [-0.39, 0.29) is 0 Å². The van der Waals surface area contributed by atoms with E-state index in [1.807, 2.05) is 0 Å². The number of benzene rings is 1. The highest BCUT2D eigenvalue weighted by molar-refractivity contribution is 8.01. The lowest BCUT2D eigenvalue weighted by atomic mass is 10.1. The van der Waals surface area contributed by atoms with Crippen molar-refractivity contribution in [2.24, 2.45) is 0 Å². The topological polar surface area (TPSA) is 0 Å². The number of rotatable bonds is 1. The summed E-state index contributed by atoms with van der Waals surface area (Å²) >= 11 is 0. The molecular weight excluding hydrogens is 152 g/mol. The van der Waals surface area contributed by atoms with E-state index in [0.717, 1.165) is 0 Å². The summed E-state index contributed by atoms with van der Waals surface area (Å²) in [6.45, 7) is 0. The Kier molecular flexibility index (Phi) is 1.74. The zero-order valence-electron chi connectivity index (χ0n) is 6.58. The molecule has 1 atom stereocenters. The molecule has 1 aromatic rings. The van der Waals surface area contributed by atoms with E-state index >= 15 is 0 Å². The van der Waals surface area contributed by atoms with Gasteiger partial charge >= 0.3 is 0 Å². The van der Waals surface area contributed by atoms with Gasteiger partial charge in [0.15, 0.2) is 0 Å². The summed E-state index contributed by atoms with van der Waals surface area (Å²) in [5, 5.41) is 2.37. The normalized spacial score (nSPS) is 22.3. The van der Waals surface area contributed by atoms with Crippen molar-refractivity contribution in [3.8, 4) is 0 Å². The van der Waals surface area contributed by atoms with Crippen LogP contribution in [0, 0.1) is 0 Å². The summed E-state index contributed by atoms with van der Waals surface area (Å²) < 4.78 is 0. The molecule has 1 heteroatoms. The van der Waals surface area contributed by atoms with E-state index < -0.39 is 0 Å². The van der Waals surface area contributed by atoms with Crippen molar-refractivity contribution in [2.75, 3.05) is 12.0 Å². The van der Waals surface area contributed by atoms with Crippen molar-refractivity contribution in [1.29, 1.82) is 0 Å². The fourth-order valence-electron chi connectivity index (χ4n) is 1.27. The highest BCUT2D eigenvalue weighted by atomic mass is 32.2. The molecule has 0 aliphatic carbocycles. The van der Waals surface area contributed by atoms with E-state index in [0.29, 0.717) is 10.9 Å². The summed E-state index contributed by atoms with van der Waals surface area (Å²) in [4.78, 5) is 0. The largest absolute Gasteiger partial charge is 0.142 e. The van der Waals surface area contributed by atoms with Crippen LogP contribution in [-0.4, -0.2) is 12.0 Å². The Morgan fingerprint density at radius 2 is 1.82 bits per heavy atom. The predicted octanol–water partition coefficient (Wildman–Crippen LogP) is 2.29. The van der Waals surface area contributed by atoms with Crippen LogP contribution in [0.25, 0.3) is 5.57 Å². The molecule has 1 unspecified atom stereocenters. The van der Waals surface area contributed by atoms with Crippen LogP contribution in [0.3, 0.4) is 0 Å². The SMILES string of the molecule is C[S+]1C=C(c2ccccc2)C1. The van der Waals surface area contributed by atoms with Gasteiger partial charge in [-0.3, -0.25) is 0 Å². The van der Waals surface area contributed by atoms with Gasteiger partial charge in [0.25, 0.3) is 0 Å². The Hall–Kier alpha value is -0.690. The maximum Gasteiger partial charge on any atom is 0.142 e. The molecule has 0 saturated carbocycles. The van der Waals surface area contributed by atoms with Crippen molar-refractivity contribution in [2.45, 2.75) is 0 Å². The van der Waals surface area contributed by atoms with Gasteiger partial charge in [0.05, 0.1) is 5.57 Å². The molecule has 0 radical (unpaired) electrons. The lowest BCUT2D eigenvalue weighted by Gasteiger charge is -2.12. The molecule has 0 spiro atoms. The molecular formula is C10H11S+. The first-order valence-corrected chi connectivity index (χ1v) is 5.60. The van der Waals surface area contributed by atoms with Crippen LogP contribution in [0.2, 0.25) is 0 Å². The van der Waals surface area contributed by atoms with Gasteiger partial charge < -0.3 is 0 Å². The molecule has 11 heavy (non-hydrogen) atoms. The highest BCUT2D eigenvalue weighted by Crippen LogP contribution is 2.26.